The van der Waals surface area contributed by atoms with E-state index in [9.17, 15) is 14.4 Å². The molecule has 0 aromatic rings. The molecule has 5 heteroatoms. The van der Waals surface area contributed by atoms with Crippen LogP contribution in [0.15, 0.2) is 0 Å². The second-order valence-corrected chi connectivity index (χ2v) is 4.34. The molecule has 90 valence electrons. The van der Waals surface area contributed by atoms with Crippen molar-refractivity contribution < 1.29 is 14.4 Å². The van der Waals surface area contributed by atoms with Crippen molar-refractivity contribution in [2.24, 2.45) is 5.92 Å². The summed E-state index contributed by atoms with van der Waals surface area (Å²) in [7, 11) is 0. The molecule has 1 aliphatic rings. The van der Waals surface area contributed by atoms with Crippen LogP contribution in [0.1, 0.15) is 33.6 Å². The van der Waals surface area contributed by atoms with Gasteiger partial charge in [-0.05, 0) is 6.42 Å². The lowest BCUT2D eigenvalue weighted by molar-refractivity contribution is -0.132. The van der Waals surface area contributed by atoms with Gasteiger partial charge in [-0.1, -0.05) is 27.2 Å². The first-order valence-electron chi connectivity index (χ1n) is 5.62. The number of imide groups is 1. The predicted octanol–water partition coefficient (Wildman–Crippen LogP) is 0.932. The average molecular weight is 226 g/mol. The number of nitrogens with one attached hydrogen (secondary N) is 1. The molecular formula is C11H18N2O3. The number of ketones is 1. The zero-order valence-electron chi connectivity index (χ0n) is 9.95. The highest BCUT2D eigenvalue weighted by molar-refractivity contribution is 6.06. The minimum absolute atomic E-state index is 0.0966. The van der Waals surface area contributed by atoms with Crippen LogP contribution in [0.25, 0.3) is 0 Å². The van der Waals surface area contributed by atoms with Gasteiger partial charge in [0.25, 0.3) is 5.91 Å². The zero-order chi connectivity index (χ0) is 12.3. The van der Waals surface area contributed by atoms with Crippen LogP contribution in [-0.4, -0.2) is 35.2 Å². The largest absolute Gasteiger partial charge is 0.326 e. The fourth-order valence-corrected chi connectivity index (χ4v) is 1.55. The van der Waals surface area contributed by atoms with E-state index in [0.717, 1.165) is 11.3 Å². The van der Waals surface area contributed by atoms with Crippen molar-refractivity contribution in [3.8, 4) is 0 Å². The van der Waals surface area contributed by atoms with E-state index in [4.69, 9.17) is 0 Å². The van der Waals surface area contributed by atoms with Crippen LogP contribution in [0.3, 0.4) is 0 Å². The van der Waals surface area contributed by atoms with Crippen molar-refractivity contribution in [1.29, 1.82) is 0 Å². The highest BCUT2D eigenvalue weighted by atomic mass is 16.2. The Balaban J connectivity index is 2.64. The van der Waals surface area contributed by atoms with E-state index in [0.29, 0.717) is 6.42 Å². The highest BCUT2D eigenvalue weighted by Crippen LogP contribution is 2.11. The summed E-state index contributed by atoms with van der Waals surface area (Å²) in [5.74, 6) is -0.535. The van der Waals surface area contributed by atoms with Crippen LogP contribution in [0.4, 0.5) is 4.79 Å². The van der Waals surface area contributed by atoms with Gasteiger partial charge in [0.05, 0.1) is 6.54 Å². The molecule has 1 aliphatic heterocycles. The number of nitrogens with zero attached hydrogens (tertiary/aromatic N) is 1. The quantitative estimate of drug-likeness (QED) is 0.709. The third-order valence-electron chi connectivity index (χ3n) is 2.64. The lowest BCUT2D eigenvalue weighted by Gasteiger charge is -2.13. The standard InChI is InChI=1S/C11H18N2O3/c1-4-5-8-10(15)13(11(16)12-8)6-9(14)7(2)3/h7-8H,4-6H2,1-3H3,(H,12,16). The van der Waals surface area contributed by atoms with Crippen molar-refractivity contribution >= 4 is 17.7 Å². The van der Waals surface area contributed by atoms with Crippen LogP contribution in [-0.2, 0) is 9.59 Å². The lowest BCUT2D eigenvalue weighted by atomic mass is 10.1. The van der Waals surface area contributed by atoms with Crippen molar-refractivity contribution in [3.63, 3.8) is 0 Å². The molecule has 0 bridgehead atoms. The van der Waals surface area contributed by atoms with E-state index >= 15 is 0 Å². The first kappa shape index (κ1) is 12.7. The topological polar surface area (TPSA) is 66.5 Å². The summed E-state index contributed by atoms with van der Waals surface area (Å²) in [5.41, 5.74) is 0. The van der Waals surface area contributed by atoms with Crippen LogP contribution in [0.2, 0.25) is 0 Å². The monoisotopic (exact) mass is 226 g/mol. The third kappa shape index (κ3) is 2.59. The van der Waals surface area contributed by atoms with E-state index in [-0.39, 0.29) is 24.2 Å². The number of urea groups is 1. The SMILES string of the molecule is CCCC1NC(=O)N(CC(=O)C(C)C)C1=O. The first-order chi connectivity index (χ1) is 7.47. The number of rotatable bonds is 5. The highest BCUT2D eigenvalue weighted by Gasteiger charge is 2.38. The molecule has 1 unspecified atom stereocenters. The molecule has 0 radical (unpaired) electrons. The van der Waals surface area contributed by atoms with Crippen molar-refractivity contribution in [2.75, 3.05) is 6.54 Å². The zero-order valence-corrected chi connectivity index (χ0v) is 9.95. The molecule has 3 amide bonds. The second kappa shape index (κ2) is 5.09. The van der Waals surface area contributed by atoms with Gasteiger partial charge in [-0.3, -0.25) is 14.5 Å². The van der Waals surface area contributed by atoms with Gasteiger partial charge in [0, 0.05) is 5.92 Å². The van der Waals surface area contributed by atoms with Crippen LogP contribution < -0.4 is 5.32 Å². The Labute approximate surface area is 95.2 Å². The van der Waals surface area contributed by atoms with Crippen molar-refractivity contribution in [1.82, 2.24) is 10.2 Å². The number of hydrogen-bond acceptors (Lipinski definition) is 3. The summed E-state index contributed by atoms with van der Waals surface area (Å²) in [5, 5.41) is 2.58. The summed E-state index contributed by atoms with van der Waals surface area (Å²) in [6.07, 6.45) is 1.44. The van der Waals surface area contributed by atoms with Gasteiger partial charge in [0.2, 0.25) is 0 Å². The first-order valence-corrected chi connectivity index (χ1v) is 5.62. The van der Waals surface area contributed by atoms with Gasteiger partial charge in [-0.25, -0.2) is 4.79 Å². The maximum atomic E-state index is 11.8. The lowest BCUT2D eigenvalue weighted by Crippen LogP contribution is -2.37. The molecule has 1 atom stereocenters. The minimum Gasteiger partial charge on any atom is -0.326 e. The molecule has 0 aromatic carbocycles. The Morgan fingerprint density at radius 3 is 2.56 bits per heavy atom. The number of amides is 3. The van der Waals surface area contributed by atoms with Gasteiger partial charge >= 0.3 is 6.03 Å². The van der Waals surface area contributed by atoms with Crippen LogP contribution in [0.5, 0.6) is 0 Å². The van der Waals surface area contributed by atoms with Crippen molar-refractivity contribution in [2.45, 2.75) is 39.7 Å². The molecule has 1 fully saturated rings. The second-order valence-electron chi connectivity index (χ2n) is 4.34. The molecule has 1 heterocycles. The summed E-state index contributed by atoms with van der Waals surface area (Å²) >= 11 is 0. The third-order valence-corrected chi connectivity index (χ3v) is 2.64. The summed E-state index contributed by atoms with van der Waals surface area (Å²) < 4.78 is 0. The van der Waals surface area contributed by atoms with Crippen LogP contribution in [0, 0.1) is 5.92 Å². The fourth-order valence-electron chi connectivity index (χ4n) is 1.55. The normalized spacial score (nSPS) is 20.5. The summed E-state index contributed by atoms with van der Waals surface area (Å²) in [4.78, 5) is 35.7. The molecule has 0 aromatic heterocycles. The van der Waals surface area contributed by atoms with Gasteiger partial charge in [-0.2, -0.15) is 0 Å². The van der Waals surface area contributed by atoms with Gasteiger partial charge < -0.3 is 5.32 Å². The minimum atomic E-state index is -0.447. The Hall–Kier alpha value is -1.39. The molecule has 1 N–H and O–H groups in total. The predicted molar refractivity (Wildman–Crippen MR) is 58.8 cm³/mol. The van der Waals surface area contributed by atoms with Crippen LogP contribution >= 0.6 is 0 Å². The number of carbonyl (C=O) groups excluding carboxylic acids is 3. The van der Waals surface area contributed by atoms with E-state index in [2.05, 4.69) is 5.32 Å². The molecule has 1 saturated heterocycles. The fraction of sp³-hybridized carbons (Fsp3) is 0.727. The van der Waals surface area contributed by atoms with Crippen molar-refractivity contribution in [3.05, 3.63) is 0 Å². The average Bonchev–Trinajstić information content (AvgIpc) is 2.46. The van der Waals surface area contributed by atoms with Gasteiger partial charge in [0.15, 0.2) is 5.78 Å². The number of carbonyl (C=O) groups is 3. The molecule has 0 aliphatic carbocycles. The summed E-state index contributed by atoms with van der Waals surface area (Å²) in [6, 6.07) is -0.894. The Kier molecular flexibility index (Phi) is 4.04. The maximum absolute atomic E-state index is 11.8. The van der Waals surface area contributed by atoms with E-state index in [1.807, 2.05) is 6.92 Å². The molecule has 1 rings (SSSR count). The Morgan fingerprint density at radius 2 is 2.06 bits per heavy atom. The van der Waals surface area contributed by atoms with E-state index in [1.165, 1.54) is 0 Å². The van der Waals surface area contributed by atoms with E-state index < -0.39 is 12.1 Å². The van der Waals surface area contributed by atoms with E-state index in [1.54, 1.807) is 13.8 Å². The molecule has 16 heavy (non-hydrogen) atoms. The molecule has 0 saturated carbocycles. The maximum Gasteiger partial charge on any atom is 0.325 e. The Morgan fingerprint density at radius 1 is 1.44 bits per heavy atom. The number of Topliss-reactive ketones (excluding diaryl/α,β-unsaturated/α-hetero) is 1. The number of hydrogen-bond donors (Lipinski definition) is 1. The summed E-state index contributed by atoms with van der Waals surface area (Å²) in [6.45, 7) is 5.35. The molecule has 0 spiro atoms. The Bertz CT molecular complexity index is 312. The molecule has 5 nitrogen and oxygen atoms in total. The van der Waals surface area contributed by atoms with Gasteiger partial charge in [-0.15, -0.1) is 0 Å². The molecular weight excluding hydrogens is 208 g/mol. The van der Waals surface area contributed by atoms with Gasteiger partial charge in [0.1, 0.15) is 6.04 Å². The smallest absolute Gasteiger partial charge is 0.325 e.